The monoisotopic (exact) mass is 236 g/mol. The summed E-state index contributed by atoms with van der Waals surface area (Å²) in [5.41, 5.74) is 1.11. The van der Waals surface area contributed by atoms with Gasteiger partial charge in [0.2, 0.25) is 0 Å². The van der Waals surface area contributed by atoms with E-state index in [1.165, 1.54) is 12.8 Å². The van der Waals surface area contributed by atoms with E-state index >= 15 is 0 Å². The molecule has 17 heavy (non-hydrogen) atoms. The van der Waals surface area contributed by atoms with E-state index < -0.39 is 0 Å². The highest BCUT2D eigenvalue weighted by atomic mass is 16.2. The molecular formula is C14H24N2O. The van der Waals surface area contributed by atoms with Gasteiger partial charge < -0.3 is 10.0 Å². The fourth-order valence-electron chi connectivity index (χ4n) is 1.82. The molecule has 0 aromatic rings. The number of hydrogen-bond acceptors (Lipinski definition) is 3. The number of aliphatic hydroxyl groups excluding tert-OH is 1. The van der Waals surface area contributed by atoms with Gasteiger partial charge in [-0.25, -0.2) is 0 Å². The lowest BCUT2D eigenvalue weighted by atomic mass is 9.92. The molecule has 0 spiro atoms. The minimum atomic E-state index is 0.577. The fourth-order valence-corrected chi connectivity index (χ4v) is 1.82. The zero-order valence-corrected chi connectivity index (χ0v) is 11.0. The van der Waals surface area contributed by atoms with Gasteiger partial charge in [0.05, 0.1) is 0 Å². The van der Waals surface area contributed by atoms with Gasteiger partial charge in [0.15, 0.2) is 0 Å². The molecule has 1 aliphatic rings. The van der Waals surface area contributed by atoms with Crippen molar-refractivity contribution in [3.8, 4) is 0 Å². The van der Waals surface area contributed by atoms with E-state index in [2.05, 4.69) is 30.1 Å². The van der Waals surface area contributed by atoms with Crippen molar-refractivity contribution in [2.45, 2.75) is 12.8 Å². The zero-order valence-electron chi connectivity index (χ0n) is 11.0. The summed E-state index contributed by atoms with van der Waals surface area (Å²) < 4.78 is 0. The smallest absolute Gasteiger partial charge is 0.0429 e. The van der Waals surface area contributed by atoms with Crippen molar-refractivity contribution in [3.05, 3.63) is 37.6 Å². The number of aliphatic hydroxyl groups is 1. The van der Waals surface area contributed by atoms with Crippen LogP contribution in [0.25, 0.3) is 0 Å². The number of allylic oxidation sites excluding steroid dienone is 3. The first-order valence-electron chi connectivity index (χ1n) is 5.89. The van der Waals surface area contributed by atoms with Gasteiger partial charge >= 0.3 is 0 Å². The number of nitrogens with zero attached hydrogens (tertiary/aromatic N) is 2. The molecule has 1 aliphatic heterocycles. The largest absolute Gasteiger partial charge is 0.400 e. The van der Waals surface area contributed by atoms with Crippen LogP contribution in [0.2, 0.25) is 0 Å². The Morgan fingerprint density at radius 1 is 1.29 bits per heavy atom. The average Bonchev–Trinajstić information content (AvgIpc) is 2.39. The van der Waals surface area contributed by atoms with Gasteiger partial charge in [-0.1, -0.05) is 19.2 Å². The third kappa shape index (κ3) is 6.19. The molecule has 0 radical (unpaired) electrons. The lowest BCUT2D eigenvalue weighted by Crippen LogP contribution is -2.33. The van der Waals surface area contributed by atoms with Crippen LogP contribution in [0, 0.1) is 5.92 Å². The van der Waals surface area contributed by atoms with E-state index in [1.54, 1.807) is 12.3 Å². The third-order valence-electron chi connectivity index (χ3n) is 2.79. The van der Waals surface area contributed by atoms with E-state index in [9.17, 15) is 0 Å². The second-order valence-electron chi connectivity index (χ2n) is 3.91. The fraction of sp³-hybridized carbons (Fsp3) is 0.500. The zero-order chi connectivity index (χ0) is 13.1. The van der Waals surface area contributed by atoms with Crippen molar-refractivity contribution < 1.29 is 5.11 Å². The van der Waals surface area contributed by atoms with Crippen LogP contribution in [0.4, 0.5) is 0 Å². The molecule has 0 atom stereocenters. The van der Waals surface area contributed by atoms with Gasteiger partial charge in [-0.2, -0.15) is 0 Å². The van der Waals surface area contributed by atoms with Crippen molar-refractivity contribution in [1.29, 1.82) is 0 Å². The minimum Gasteiger partial charge on any atom is -0.400 e. The van der Waals surface area contributed by atoms with Gasteiger partial charge in [0, 0.05) is 24.9 Å². The Morgan fingerprint density at radius 3 is 2.35 bits per heavy atom. The van der Waals surface area contributed by atoms with Crippen LogP contribution < -0.4 is 0 Å². The summed E-state index contributed by atoms with van der Waals surface area (Å²) >= 11 is 0. The molecule has 3 heteroatoms. The average molecular weight is 236 g/mol. The second-order valence-corrected chi connectivity index (χ2v) is 3.91. The molecule has 0 unspecified atom stereocenters. The SMILES string of the molecule is C=C/C=C\N=C(C=C)C1CCN(C)CC1.CO. The molecule has 0 amide bonds. The lowest BCUT2D eigenvalue weighted by molar-refractivity contribution is 0.252. The highest BCUT2D eigenvalue weighted by Gasteiger charge is 2.19. The molecule has 96 valence electrons. The topological polar surface area (TPSA) is 35.8 Å². The van der Waals surface area contributed by atoms with Crippen LogP contribution in [0.3, 0.4) is 0 Å². The van der Waals surface area contributed by atoms with E-state index in [0.717, 1.165) is 25.9 Å². The summed E-state index contributed by atoms with van der Waals surface area (Å²) in [7, 11) is 3.17. The van der Waals surface area contributed by atoms with Gasteiger partial charge in [-0.3, -0.25) is 4.99 Å². The number of aliphatic imine (C=N–C) groups is 1. The molecule has 0 bridgehead atoms. The molecule has 0 saturated carbocycles. The number of likely N-dealkylation sites (tertiary alicyclic amines) is 1. The maximum Gasteiger partial charge on any atom is 0.0429 e. The number of piperidine rings is 1. The molecule has 0 aromatic heterocycles. The first kappa shape index (κ1) is 15.8. The summed E-state index contributed by atoms with van der Waals surface area (Å²) in [4.78, 5) is 6.77. The molecule has 3 nitrogen and oxygen atoms in total. The van der Waals surface area contributed by atoms with Crippen LogP contribution in [-0.4, -0.2) is 43.0 Å². The second kappa shape index (κ2) is 10.00. The van der Waals surface area contributed by atoms with E-state index in [-0.39, 0.29) is 0 Å². The van der Waals surface area contributed by atoms with Crippen molar-refractivity contribution >= 4 is 5.71 Å². The molecule has 1 rings (SSSR count). The van der Waals surface area contributed by atoms with Crippen molar-refractivity contribution in [2.75, 3.05) is 27.2 Å². The predicted molar refractivity (Wildman–Crippen MR) is 75.3 cm³/mol. The van der Waals surface area contributed by atoms with Crippen LogP contribution in [0.1, 0.15) is 12.8 Å². The summed E-state index contributed by atoms with van der Waals surface area (Å²) in [6, 6.07) is 0. The van der Waals surface area contributed by atoms with Crippen LogP contribution in [-0.2, 0) is 0 Å². The van der Waals surface area contributed by atoms with E-state index in [0.29, 0.717) is 5.92 Å². The molecular weight excluding hydrogens is 212 g/mol. The summed E-state index contributed by atoms with van der Waals surface area (Å²) in [6.45, 7) is 9.76. The summed E-state index contributed by atoms with van der Waals surface area (Å²) in [5.74, 6) is 0.577. The first-order chi connectivity index (χ1) is 8.27. The molecule has 0 aromatic carbocycles. The standard InChI is InChI=1S/C13H20N2.CH4O/c1-4-6-9-14-13(5-2)12-7-10-15(3)11-8-12;1-2/h4-6,9,12H,1-2,7-8,10-11H2,3H3;2H,1H3/b9-6-,14-13?;. The van der Waals surface area contributed by atoms with Crippen molar-refractivity contribution in [2.24, 2.45) is 10.9 Å². The van der Waals surface area contributed by atoms with E-state index in [4.69, 9.17) is 5.11 Å². The highest BCUT2D eigenvalue weighted by molar-refractivity contribution is 5.96. The van der Waals surface area contributed by atoms with E-state index in [1.807, 2.05) is 12.2 Å². The van der Waals surface area contributed by atoms with Gasteiger partial charge in [-0.05, 0) is 45.1 Å². The molecule has 1 heterocycles. The maximum atomic E-state index is 7.00. The molecule has 1 saturated heterocycles. The minimum absolute atomic E-state index is 0.577. The van der Waals surface area contributed by atoms with Gasteiger partial charge in [0.25, 0.3) is 0 Å². The molecule has 1 fully saturated rings. The Bertz CT molecular complexity index is 274. The number of hydrogen-bond donors (Lipinski definition) is 1. The van der Waals surface area contributed by atoms with Crippen LogP contribution in [0.15, 0.2) is 42.6 Å². The van der Waals surface area contributed by atoms with Crippen LogP contribution in [0.5, 0.6) is 0 Å². The maximum absolute atomic E-state index is 7.00. The van der Waals surface area contributed by atoms with Crippen molar-refractivity contribution in [1.82, 2.24) is 4.90 Å². The van der Waals surface area contributed by atoms with Crippen molar-refractivity contribution in [3.63, 3.8) is 0 Å². The Morgan fingerprint density at radius 2 is 1.88 bits per heavy atom. The third-order valence-corrected chi connectivity index (χ3v) is 2.79. The molecule has 0 aliphatic carbocycles. The molecule has 1 N–H and O–H groups in total. The Balaban J connectivity index is 0.00000121. The van der Waals surface area contributed by atoms with Gasteiger partial charge in [-0.15, -0.1) is 0 Å². The Labute approximate surface area is 105 Å². The number of rotatable bonds is 4. The Hall–Kier alpha value is -1.19. The quantitative estimate of drug-likeness (QED) is 0.600. The van der Waals surface area contributed by atoms with Crippen LogP contribution >= 0.6 is 0 Å². The normalized spacial score (nSPS) is 18.6. The first-order valence-corrected chi connectivity index (χ1v) is 5.89. The highest BCUT2D eigenvalue weighted by Crippen LogP contribution is 2.18. The summed E-state index contributed by atoms with van der Waals surface area (Å²) in [5, 5.41) is 7.00. The lowest BCUT2D eigenvalue weighted by Gasteiger charge is -2.28. The Kier molecular flexibility index (Phi) is 9.30. The van der Waals surface area contributed by atoms with Gasteiger partial charge in [0.1, 0.15) is 0 Å². The predicted octanol–water partition coefficient (Wildman–Crippen LogP) is 2.26. The summed E-state index contributed by atoms with van der Waals surface area (Å²) in [6.07, 6.45) is 9.62.